The number of carbonyl (C=O) groups is 1. The molecule has 0 aromatic heterocycles. The highest BCUT2D eigenvalue weighted by molar-refractivity contribution is 5.76. The van der Waals surface area contributed by atoms with Gasteiger partial charge in [-0.15, -0.1) is 0 Å². The highest BCUT2D eigenvalue weighted by Crippen LogP contribution is 2.23. The second-order valence-corrected chi connectivity index (χ2v) is 5.82. The third kappa shape index (κ3) is 3.71. The van der Waals surface area contributed by atoms with E-state index in [9.17, 15) is 4.79 Å². The van der Waals surface area contributed by atoms with Gasteiger partial charge in [-0.05, 0) is 23.3 Å². The number of carbonyl (C=O) groups excluding carboxylic acids is 1. The molecule has 0 aliphatic carbocycles. The van der Waals surface area contributed by atoms with Crippen molar-refractivity contribution in [3.8, 4) is 11.1 Å². The lowest BCUT2D eigenvalue weighted by Crippen LogP contribution is -2.49. The predicted octanol–water partition coefficient (Wildman–Crippen LogP) is 2.35. The number of hydrogen-bond acceptors (Lipinski definition) is 3. The molecule has 2 aromatic rings. The van der Waals surface area contributed by atoms with E-state index in [2.05, 4.69) is 53.4 Å². The molecule has 1 amide bonds. The van der Waals surface area contributed by atoms with E-state index in [1.807, 2.05) is 11.0 Å². The molecule has 4 nitrogen and oxygen atoms in total. The van der Waals surface area contributed by atoms with Gasteiger partial charge in [-0.3, -0.25) is 4.79 Å². The van der Waals surface area contributed by atoms with Crippen LogP contribution in [0.4, 0.5) is 5.69 Å². The minimum Gasteiger partial charge on any atom is -0.368 e. The van der Waals surface area contributed by atoms with Crippen molar-refractivity contribution in [3.05, 3.63) is 54.6 Å². The normalized spacial score (nSPS) is 14.8. The number of piperazine rings is 1. The van der Waals surface area contributed by atoms with Crippen molar-refractivity contribution in [1.29, 1.82) is 0 Å². The number of nitrogens with zero attached hydrogens (tertiary/aromatic N) is 2. The number of nitrogens with two attached hydrogens (primary N) is 1. The summed E-state index contributed by atoms with van der Waals surface area (Å²) in [5.41, 5.74) is 9.14. The SMILES string of the molecule is NCCC(=O)N1CCN(c2ccc(-c3ccccc3)cc2)CC1. The first-order valence-electron chi connectivity index (χ1n) is 8.16. The van der Waals surface area contributed by atoms with Gasteiger partial charge in [0.15, 0.2) is 0 Å². The topological polar surface area (TPSA) is 49.6 Å². The molecule has 0 bridgehead atoms. The fourth-order valence-electron chi connectivity index (χ4n) is 2.99. The van der Waals surface area contributed by atoms with Crippen molar-refractivity contribution in [1.82, 2.24) is 4.90 Å². The van der Waals surface area contributed by atoms with Crippen molar-refractivity contribution in [2.24, 2.45) is 5.73 Å². The quantitative estimate of drug-likeness (QED) is 0.943. The Kier molecular flexibility index (Phi) is 4.93. The van der Waals surface area contributed by atoms with Crippen LogP contribution in [-0.2, 0) is 4.79 Å². The molecule has 1 saturated heterocycles. The summed E-state index contributed by atoms with van der Waals surface area (Å²) in [6.45, 7) is 3.74. The van der Waals surface area contributed by atoms with Crippen LogP contribution in [-0.4, -0.2) is 43.5 Å². The summed E-state index contributed by atoms with van der Waals surface area (Å²) in [6.07, 6.45) is 0.450. The van der Waals surface area contributed by atoms with Gasteiger partial charge in [-0.2, -0.15) is 0 Å². The summed E-state index contributed by atoms with van der Waals surface area (Å²) in [6, 6.07) is 19.0. The average molecular weight is 309 g/mol. The summed E-state index contributed by atoms with van der Waals surface area (Å²) < 4.78 is 0. The van der Waals surface area contributed by atoms with E-state index in [0.717, 1.165) is 26.2 Å². The minimum absolute atomic E-state index is 0.173. The molecule has 1 aliphatic heterocycles. The molecule has 4 heteroatoms. The van der Waals surface area contributed by atoms with Gasteiger partial charge in [-0.25, -0.2) is 0 Å². The largest absolute Gasteiger partial charge is 0.368 e. The van der Waals surface area contributed by atoms with Crippen molar-refractivity contribution in [3.63, 3.8) is 0 Å². The van der Waals surface area contributed by atoms with Gasteiger partial charge in [-0.1, -0.05) is 42.5 Å². The third-order valence-corrected chi connectivity index (χ3v) is 4.33. The molecule has 0 spiro atoms. The van der Waals surface area contributed by atoms with Crippen LogP contribution in [0.15, 0.2) is 54.6 Å². The van der Waals surface area contributed by atoms with Gasteiger partial charge >= 0.3 is 0 Å². The lowest BCUT2D eigenvalue weighted by Gasteiger charge is -2.36. The number of rotatable bonds is 4. The molecule has 0 unspecified atom stereocenters. The predicted molar refractivity (Wildman–Crippen MR) is 94.3 cm³/mol. The Morgan fingerprint density at radius 1 is 0.870 bits per heavy atom. The Balaban J connectivity index is 1.62. The second-order valence-electron chi connectivity index (χ2n) is 5.82. The molecule has 0 saturated carbocycles. The Hall–Kier alpha value is -2.33. The Labute approximate surface area is 137 Å². The second kappa shape index (κ2) is 7.29. The van der Waals surface area contributed by atoms with Crippen LogP contribution in [0.2, 0.25) is 0 Å². The maximum Gasteiger partial charge on any atom is 0.223 e. The fourth-order valence-corrected chi connectivity index (χ4v) is 2.99. The van der Waals surface area contributed by atoms with E-state index < -0.39 is 0 Å². The number of amides is 1. The van der Waals surface area contributed by atoms with Gasteiger partial charge in [0.1, 0.15) is 0 Å². The molecule has 1 heterocycles. The molecule has 120 valence electrons. The Morgan fingerprint density at radius 3 is 2.09 bits per heavy atom. The maximum atomic E-state index is 11.9. The van der Waals surface area contributed by atoms with Crippen molar-refractivity contribution in [2.45, 2.75) is 6.42 Å². The smallest absolute Gasteiger partial charge is 0.223 e. The van der Waals surface area contributed by atoms with Crippen molar-refractivity contribution in [2.75, 3.05) is 37.6 Å². The molecule has 0 radical (unpaired) electrons. The van der Waals surface area contributed by atoms with E-state index in [1.54, 1.807) is 0 Å². The molecule has 2 N–H and O–H groups in total. The van der Waals surface area contributed by atoms with Gasteiger partial charge in [0.25, 0.3) is 0 Å². The van der Waals surface area contributed by atoms with Crippen LogP contribution in [0.3, 0.4) is 0 Å². The molecule has 1 aliphatic rings. The summed E-state index contributed by atoms with van der Waals surface area (Å²) >= 11 is 0. The fraction of sp³-hybridized carbons (Fsp3) is 0.316. The van der Waals surface area contributed by atoms with E-state index in [0.29, 0.717) is 13.0 Å². The summed E-state index contributed by atoms with van der Waals surface area (Å²) in [5.74, 6) is 0.173. The molecule has 23 heavy (non-hydrogen) atoms. The van der Waals surface area contributed by atoms with E-state index in [4.69, 9.17) is 5.73 Å². The molecule has 3 rings (SSSR count). The van der Waals surface area contributed by atoms with E-state index in [-0.39, 0.29) is 5.91 Å². The van der Waals surface area contributed by atoms with E-state index in [1.165, 1.54) is 16.8 Å². The minimum atomic E-state index is 0.173. The van der Waals surface area contributed by atoms with Crippen LogP contribution in [0, 0.1) is 0 Å². The van der Waals surface area contributed by atoms with Gasteiger partial charge < -0.3 is 15.5 Å². The number of anilines is 1. The molecule has 2 aromatic carbocycles. The highest BCUT2D eigenvalue weighted by Gasteiger charge is 2.20. The lowest BCUT2D eigenvalue weighted by molar-refractivity contribution is -0.131. The molecule has 0 atom stereocenters. The zero-order valence-electron chi connectivity index (χ0n) is 13.3. The van der Waals surface area contributed by atoms with Crippen LogP contribution in [0.5, 0.6) is 0 Å². The molecule has 1 fully saturated rings. The summed E-state index contributed by atoms with van der Waals surface area (Å²) in [5, 5.41) is 0. The Bertz CT molecular complexity index is 631. The zero-order chi connectivity index (χ0) is 16.1. The Morgan fingerprint density at radius 2 is 1.48 bits per heavy atom. The first-order valence-corrected chi connectivity index (χ1v) is 8.16. The third-order valence-electron chi connectivity index (χ3n) is 4.33. The van der Waals surface area contributed by atoms with Crippen molar-refractivity contribution < 1.29 is 4.79 Å². The molecular formula is C19H23N3O. The summed E-state index contributed by atoms with van der Waals surface area (Å²) in [4.78, 5) is 16.1. The van der Waals surface area contributed by atoms with Gasteiger partial charge in [0.2, 0.25) is 5.91 Å². The van der Waals surface area contributed by atoms with Crippen LogP contribution in [0.25, 0.3) is 11.1 Å². The van der Waals surface area contributed by atoms with Gasteiger partial charge in [0, 0.05) is 44.8 Å². The number of hydrogen-bond donors (Lipinski definition) is 1. The van der Waals surface area contributed by atoms with E-state index >= 15 is 0 Å². The average Bonchev–Trinajstić information content (AvgIpc) is 2.63. The van der Waals surface area contributed by atoms with Gasteiger partial charge in [0.05, 0.1) is 0 Å². The maximum absolute atomic E-state index is 11.9. The standard InChI is InChI=1S/C19H23N3O/c20-11-10-19(23)22-14-12-21(13-15-22)18-8-6-17(7-9-18)16-4-2-1-3-5-16/h1-9H,10-15,20H2. The van der Waals surface area contributed by atoms with Crippen LogP contribution in [0.1, 0.15) is 6.42 Å². The molecular weight excluding hydrogens is 286 g/mol. The first kappa shape index (κ1) is 15.6. The monoisotopic (exact) mass is 309 g/mol. The highest BCUT2D eigenvalue weighted by atomic mass is 16.2. The lowest BCUT2D eigenvalue weighted by atomic mass is 10.1. The number of benzene rings is 2. The summed E-state index contributed by atoms with van der Waals surface area (Å²) in [7, 11) is 0. The zero-order valence-corrected chi connectivity index (χ0v) is 13.3. The van der Waals surface area contributed by atoms with Crippen LogP contribution < -0.4 is 10.6 Å². The first-order chi connectivity index (χ1) is 11.3. The van der Waals surface area contributed by atoms with Crippen molar-refractivity contribution >= 4 is 11.6 Å². The van der Waals surface area contributed by atoms with Crippen LogP contribution >= 0.6 is 0 Å².